The van der Waals surface area contributed by atoms with Gasteiger partial charge in [0.05, 0.1) is 30.0 Å². The summed E-state index contributed by atoms with van der Waals surface area (Å²) in [6.45, 7) is 6.56. The number of ether oxygens (including phenoxy) is 1. The van der Waals surface area contributed by atoms with Gasteiger partial charge in [0, 0.05) is 42.7 Å². The van der Waals surface area contributed by atoms with Gasteiger partial charge in [0.2, 0.25) is 0 Å². The van der Waals surface area contributed by atoms with Gasteiger partial charge in [-0.2, -0.15) is 5.26 Å². The number of pyridine rings is 1. The molecule has 3 aromatic rings. The van der Waals surface area contributed by atoms with Crippen molar-refractivity contribution in [2.45, 2.75) is 82.5 Å². The van der Waals surface area contributed by atoms with Crippen molar-refractivity contribution in [1.82, 2.24) is 19.4 Å². The van der Waals surface area contributed by atoms with Gasteiger partial charge in [0.15, 0.2) is 0 Å². The first kappa shape index (κ1) is 30.5. The molecule has 234 valence electrons. The van der Waals surface area contributed by atoms with Crippen LogP contribution in [0.15, 0.2) is 35.1 Å². The first-order valence-electron chi connectivity index (χ1n) is 15.5. The zero-order valence-corrected chi connectivity index (χ0v) is 25.5. The number of nitrogens with zero attached hydrogens (tertiary/aromatic N) is 5. The maximum Gasteiger partial charge on any atom is 0.276 e. The highest BCUT2D eigenvalue weighted by Gasteiger charge is 2.48. The van der Waals surface area contributed by atoms with E-state index in [0.29, 0.717) is 59.7 Å². The Morgan fingerprint density at radius 1 is 1.07 bits per heavy atom. The molecule has 1 saturated heterocycles. The minimum absolute atomic E-state index is 0.0370. The number of piperidine rings is 1. The Morgan fingerprint density at radius 3 is 2.52 bits per heavy atom. The molecule has 11 heteroatoms. The molecule has 2 aromatic heterocycles. The van der Waals surface area contributed by atoms with Crippen molar-refractivity contribution < 1.29 is 17.9 Å². The van der Waals surface area contributed by atoms with Gasteiger partial charge in [-0.3, -0.25) is 9.36 Å². The number of nitriles is 1. The van der Waals surface area contributed by atoms with Crippen LogP contribution in [0.5, 0.6) is 0 Å². The lowest BCUT2D eigenvalue weighted by Crippen LogP contribution is -2.45. The summed E-state index contributed by atoms with van der Waals surface area (Å²) in [6.07, 6.45) is 1.87. The Hall–Kier alpha value is -3.49. The van der Waals surface area contributed by atoms with Crippen molar-refractivity contribution in [2.75, 3.05) is 38.2 Å². The molecule has 3 aliphatic heterocycles. The predicted molar refractivity (Wildman–Crippen MR) is 162 cm³/mol. The third-order valence-corrected chi connectivity index (χ3v) is 9.54. The van der Waals surface area contributed by atoms with Crippen molar-refractivity contribution in [3.8, 4) is 6.07 Å². The van der Waals surface area contributed by atoms with Gasteiger partial charge < -0.3 is 15.0 Å². The number of fused-ring (bicyclic) bond motifs is 9. The number of aryl methyl sites for hydroxylation is 1. The number of anilines is 1. The number of aromatic nitrogens is 3. The highest BCUT2D eigenvalue weighted by Crippen LogP contribution is 2.47. The smallest absolute Gasteiger partial charge is 0.276 e. The fourth-order valence-electron chi connectivity index (χ4n) is 6.66. The molecule has 2 fully saturated rings. The average Bonchev–Trinajstić information content (AvgIpc) is 3.78. The predicted octanol–water partition coefficient (Wildman–Crippen LogP) is 5.78. The van der Waals surface area contributed by atoms with E-state index >= 15 is 13.2 Å². The molecule has 0 amide bonds. The number of alkyl halides is 3. The third kappa shape index (κ3) is 5.82. The van der Waals surface area contributed by atoms with E-state index in [-0.39, 0.29) is 56.7 Å². The summed E-state index contributed by atoms with van der Waals surface area (Å²) < 4.78 is 54.6. The molecule has 8 bridgehead atoms. The van der Waals surface area contributed by atoms with Crippen molar-refractivity contribution >= 4 is 16.9 Å². The maximum atomic E-state index is 15.9. The van der Waals surface area contributed by atoms with E-state index in [1.807, 2.05) is 11.8 Å². The normalized spacial score (nSPS) is 28.5. The molecule has 44 heavy (non-hydrogen) atoms. The van der Waals surface area contributed by atoms with Crippen LogP contribution in [0.2, 0.25) is 0 Å². The number of hydrogen-bond donors (Lipinski definition) is 1. The molecule has 7 rings (SSSR count). The largest absolute Gasteiger partial charge is 0.379 e. The number of rotatable bonds is 1. The van der Waals surface area contributed by atoms with Gasteiger partial charge in [-0.05, 0) is 77.2 Å². The van der Waals surface area contributed by atoms with Crippen molar-refractivity contribution in [1.29, 1.82) is 5.26 Å². The third-order valence-electron chi connectivity index (χ3n) is 9.54. The van der Waals surface area contributed by atoms with Crippen molar-refractivity contribution in [2.24, 2.45) is 5.92 Å². The van der Waals surface area contributed by atoms with Crippen LogP contribution in [0.4, 0.5) is 19.0 Å². The average molecular weight is 609 g/mol. The molecule has 0 radical (unpaired) electrons. The highest BCUT2D eigenvalue weighted by molar-refractivity contribution is 5.88. The lowest BCUT2D eigenvalue weighted by molar-refractivity contribution is -0.0885. The number of hydrogen-bond acceptors (Lipinski definition) is 7. The quantitative estimate of drug-likeness (QED) is 0.374. The van der Waals surface area contributed by atoms with Gasteiger partial charge in [-0.1, -0.05) is 18.2 Å². The highest BCUT2D eigenvalue weighted by atomic mass is 19.3. The van der Waals surface area contributed by atoms with Gasteiger partial charge >= 0.3 is 0 Å². The number of benzene rings is 1. The Bertz CT molecular complexity index is 1650. The second-order valence-electron chi connectivity index (χ2n) is 13.0. The SMILES string of the molecule is Cc1nc2c3cc(C4(C#N)CC4)c(=O)n(c3n1)CCOCCC(C)(F)CN1CCC(CC1)C(F)(F)c1cccc(c1)[C@@H](C)N2. The van der Waals surface area contributed by atoms with E-state index < -0.39 is 29.0 Å². The minimum Gasteiger partial charge on any atom is -0.379 e. The number of nitrogens with one attached hydrogen (secondary N) is 1. The van der Waals surface area contributed by atoms with Crippen LogP contribution in [-0.2, 0) is 22.6 Å². The Kier molecular flexibility index (Phi) is 7.95. The lowest BCUT2D eigenvalue weighted by atomic mass is 9.85. The first-order valence-corrected chi connectivity index (χ1v) is 15.5. The molecule has 1 aromatic carbocycles. The zero-order chi connectivity index (χ0) is 31.3. The second-order valence-corrected chi connectivity index (χ2v) is 13.0. The standard InChI is InChI=1S/C33H39F3N6O2/c1-21-23-5-4-6-25(17-23)33(35,36)24-7-12-41(13-8-24)20-31(3,34)11-15-44-16-14-42-29-26(28(38-21)39-22(2)40-29)18-27(30(42)43)32(19-37)9-10-32/h4-6,17-18,21,24H,7-16,20H2,1-3H3,(H,38,39,40)/t21-,31?/m1/s1. The first-order chi connectivity index (χ1) is 20.9. The molecule has 1 unspecified atom stereocenters. The van der Waals surface area contributed by atoms with Gasteiger partial charge in [-0.15, -0.1) is 0 Å². The van der Waals surface area contributed by atoms with Crippen LogP contribution >= 0.6 is 0 Å². The molecule has 2 atom stereocenters. The van der Waals surface area contributed by atoms with Crippen molar-refractivity contribution in [3.63, 3.8) is 0 Å². The molecule has 1 saturated carbocycles. The van der Waals surface area contributed by atoms with E-state index in [4.69, 9.17) is 4.74 Å². The van der Waals surface area contributed by atoms with Crippen LogP contribution in [0.3, 0.4) is 0 Å². The van der Waals surface area contributed by atoms with Crippen LogP contribution < -0.4 is 10.9 Å². The lowest BCUT2D eigenvalue weighted by Gasteiger charge is -2.38. The molecule has 1 N–H and O–H groups in total. The summed E-state index contributed by atoms with van der Waals surface area (Å²) >= 11 is 0. The molecular formula is C33H39F3N6O2. The van der Waals surface area contributed by atoms with Gasteiger partial charge in [0.25, 0.3) is 11.5 Å². The zero-order valence-electron chi connectivity index (χ0n) is 25.5. The summed E-state index contributed by atoms with van der Waals surface area (Å²) in [6, 6.07) is 10.1. The summed E-state index contributed by atoms with van der Waals surface area (Å²) in [5, 5.41) is 13.9. The summed E-state index contributed by atoms with van der Waals surface area (Å²) in [5.74, 6) is -2.99. The van der Waals surface area contributed by atoms with Crippen LogP contribution in [-0.4, -0.2) is 58.0 Å². The summed E-state index contributed by atoms with van der Waals surface area (Å²) in [7, 11) is 0. The van der Waals surface area contributed by atoms with E-state index in [9.17, 15) is 10.1 Å². The Morgan fingerprint density at radius 2 is 1.82 bits per heavy atom. The molecule has 8 nitrogen and oxygen atoms in total. The van der Waals surface area contributed by atoms with Crippen LogP contribution in [0.1, 0.15) is 74.5 Å². The topological polar surface area (TPSA) is 96.1 Å². The summed E-state index contributed by atoms with van der Waals surface area (Å²) in [4.78, 5) is 25.0. The number of halogens is 3. The monoisotopic (exact) mass is 608 g/mol. The summed E-state index contributed by atoms with van der Waals surface area (Å²) in [5.41, 5.74) is -1.31. The van der Waals surface area contributed by atoms with Gasteiger partial charge in [0.1, 0.15) is 23.0 Å². The van der Waals surface area contributed by atoms with Crippen molar-refractivity contribution in [3.05, 3.63) is 63.2 Å². The molecule has 0 spiro atoms. The Labute approximate surface area is 255 Å². The Balaban J connectivity index is 1.44. The molecule has 4 aliphatic rings. The van der Waals surface area contributed by atoms with Gasteiger partial charge in [-0.25, -0.2) is 23.1 Å². The van der Waals surface area contributed by atoms with Crippen LogP contribution in [0.25, 0.3) is 11.0 Å². The van der Waals surface area contributed by atoms with E-state index in [1.54, 1.807) is 31.2 Å². The van der Waals surface area contributed by atoms with E-state index in [0.717, 1.165) is 0 Å². The van der Waals surface area contributed by atoms with E-state index in [2.05, 4.69) is 21.4 Å². The molecular weight excluding hydrogens is 569 g/mol. The molecule has 5 heterocycles. The minimum atomic E-state index is -3.04. The second kappa shape index (κ2) is 11.5. The maximum absolute atomic E-state index is 15.9. The molecule has 1 aliphatic carbocycles. The van der Waals surface area contributed by atoms with Crippen LogP contribution in [0, 0.1) is 24.2 Å². The fourth-order valence-corrected chi connectivity index (χ4v) is 6.66. The van der Waals surface area contributed by atoms with E-state index in [1.165, 1.54) is 17.6 Å². The fraction of sp³-hybridized carbons (Fsp3) is 0.576.